The third-order valence-electron chi connectivity index (χ3n) is 2.44. The van der Waals surface area contributed by atoms with E-state index < -0.39 is 0 Å². The van der Waals surface area contributed by atoms with E-state index in [1.807, 2.05) is 48.0 Å². The number of halogens is 1. The van der Waals surface area contributed by atoms with E-state index in [9.17, 15) is 0 Å². The van der Waals surface area contributed by atoms with Crippen LogP contribution in [0.2, 0.25) is 5.02 Å². The van der Waals surface area contributed by atoms with Gasteiger partial charge in [0.15, 0.2) is 0 Å². The minimum atomic E-state index is -0.166. The van der Waals surface area contributed by atoms with Gasteiger partial charge in [-0.1, -0.05) is 23.7 Å². The Morgan fingerprint density at radius 3 is 2.65 bits per heavy atom. The highest BCUT2D eigenvalue weighted by Crippen LogP contribution is 2.30. The Morgan fingerprint density at radius 1 is 1.29 bits per heavy atom. The van der Waals surface area contributed by atoms with Gasteiger partial charge in [-0.15, -0.1) is 0 Å². The molecule has 17 heavy (non-hydrogen) atoms. The topological polar surface area (TPSA) is 35.2 Å². The Hall–Kier alpha value is -1.03. The van der Waals surface area contributed by atoms with Crippen LogP contribution >= 0.6 is 22.9 Å². The van der Waals surface area contributed by atoms with Crippen molar-refractivity contribution in [2.45, 2.75) is 19.1 Å². The molecule has 2 aromatic rings. The van der Waals surface area contributed by atoms with Gasteiger partial charge in [0.2, 0.25) is 0 Å². The summed E-state index contributed by atoms with van der Waals surface area (Å²) in [7, 11) is 0. The Morgan fingerprint density at radius 2 is 2.06 bits per heavy atom. The molecule has 1 aromatic carbocycles. The predicted molar refractivity (Wildman–Crippen MR) is 72.8 cm³/mol. The van der Waals surface area contributed by atoms with Crippen LogP contribution in [-0.4, -0.2) is 6.04 Å². The minimum Gasteiger partial charge on any atom is -0.483 e. The number of nitrogens with two attached hydrogens (primary N) is 1. The van der Waals surface area contributed by atoms with Crippen LogP contribution in [0.25, 0.3) is 0 Å². The lowest BCUT2D eigenvalue weighted by atomic mass is 10.1. The van der Waals surface area contributed by atoms with E-state index in [-0.39, 0.29) is 12.1 Å². The summed E-state index contributed by atoms with van der Waals surface area (Å²) < 4.78 is 5.90. The van der Waals surface area contributed by atoms with Crippen molar-refractivity contribution in [1.82, 2.24) is 0 Å². The molecule has 0 fully saturated rings. The van der Waals surface area contributed by atoms with Gasteiger partial charge in [0.05, 0.1) is 5.02 Å². The molecule has 2 rings (SSSR count). The Kier molecular flexibility index (Phi) is 4.05. The van der Waals surface area contributed by atoms with Crippen molar-refractivity contribution in [3.63, 3.8) is 0 Å². The lowest BCUT2D eigenvalue weighted by Gasteiger charge is -2.22. The summed E-state index contributed by atoms with van der Waals surface area (Å²) in [4.78, 5) is 0. The first-order valence-corrected chi connectivity index (χ1v) is 6.69. The number of rotatable bonds is 4. The van der Waals surface area contributed by atoms with Crippen LogP contribution in [0.1, 0.15) is 18.6 Å². The maximum atomic E-state index is 6.07. The molecule has 0 saturated heterocycles. The van der Waals surface area contributed by atoms with Crippen molar-refractivity contribution in [1.29, 1.82) is 0 Å². The third-order valence-corrected chi connectivity index (χ3v) is 3.45. The maximum absolute atomic E-state index is 6.07. The van der Waals surface area contributed by atoms with Gasteiger partial charge >= 0.3 is 0 Å². The molecule has 0 aliphatic heterocycles. The van der Waals surface area contributed by atoms with Crippen LogP contribution in [0.15, 0.2) is 41.1 Å². The molecule has 1 aromatic heterocycles. The molecule has 2 nitrogen and oxygen atoms in total. The zero-order valence-corrected chi connectivity index (χ0v) is 11.0. The van der Waals surface area contributed by atoms with E-state index in [0.29, 0.717) is 10.8 Å². The van der Waals surface area contributed by atoms with E-state index in [1.54, 1.807) is 11.3 Å². The Balaban J connectivity index is 2.23. The molecule has 0 amide bonds. The predicted octanol–water partition coefficient (Wildman–Crippen LogP) is 3.87. The van der Waals surface area contributed by atoms with Gasteiger partial charge in [-0.25, -0.2) is 0 Å². The molecule has 0 radical (unpaired) electrons. The fourth-order valence-corrected chi connectivity index (χ4v) is 2.46. The summed E-state index contributed by atoms with van der Waals surface area (Å²) in [5, 5.41) is 4.67. The smallest absolute Gasteiger partial charge is 0.139 e. The van der Waals surface area contributed by atoms with Crippen molar-refractivity contribution < 1.29 is 4.74 Å². The highest BCUT2D eigenvalue weighted by molar-refractivity contribution is 7.07. The van der Waals surface area contributed by atoms with E-state index in [1.165, 1.54) is 0 Å². The number of ether oxygens (including phenoxy) is 1. The van der Waals surface area contributed by atoms with Gasteiger partial charge in [0.25, 0.3) is 0 Å². The third kappa shape index (κ3) is 3.00. The standard InChI is InChI=1S/C13H14ClNOS/c1-9(15)13(10-6-7-17-8-10)16-12-5-3-2-4-11(12)14/h2-9,13H,15H2,1H3. The number of benzene rings is 1. The van der Waals surface area contributed by atoms with Crippen LogP contribution in [0.4, 0.5) is 0 Å². The second-order valence-electron chi connectivity index (χ2n) is 3.88. The van der Waals surface area contributed by atoms with Crippen molar-refractivity contribution in [2.75, 3.05) is 0 Å². The number of thiophene rings is 1. The first kappa shape index (κ1) is 12.4. The van der Waals surface area contributed by atoms with Crippen molar-refractivity contribution >= 4 is 22.9 Å². The van der Waals surface area contributed by atoms with Gasteiger partial charge in [-0.3, -0.25) is 0 Å². The largest absolute Gasteiger partial charge is 0.483 e. The van der Waals surface area contributed by atoms with Crippen LogP contribution < -0.4 is 10.5 Å². The highest BCUT2D eigenvalue weighted by atomic mass is 35.5. The van der Waals surface area contributed by atoms with Crippen LogP contribution in [-0.2, 0) is 0 Å². The number of hydrogen-bond donors (Lipinski definition) is 1. The quantitative estimate of drug-likeness (QED) is 0.913. The number of hydrogen-bond acceptors (Lipinski definition) is 3. The average Bonchev–Trinajstić information content (AvgIpc) is 2.81. The summed E-state index contributed by atoms with van der Waals surface area (Å²) in [5.41, 5.74) is 7.05. The molecular formula is C13H14ClNOS. The normalized spacial score (nSPS) is 14.3. The van der Waals surface area contributed by atoms with Crippen LogP contribution in [0.5, 0.6) is 5.75 Å². The molecule has 0 aliphatic carbocycles. The van der Waals surface area contributed by atoms with E-state index >= 15 is 0 Å². The van der Waals surface area contributed by atoms with Gasteiger partial charge in [-0.2, -0.15) is 11.3 Å². The highest BCUT2D eigenvalue weighted by Gasteiger charge is 2.19. The second-order valence-corrected chi connectivity index (χ2v) is 5.07. The second kappa shape index (κ2) is 5.54. The minimum absolute atomic E-state index is 0.0964. The number of para-hydroxylation sites is 1. The fourth-order valence-electron chi connectivity index (χ4n) is 1.59. The molecule has 90 valence electrons. The van der Waals surface area contributed by atoms with Crippen LogP contribution in [0, 0.1) is 0 Å². The van der Waals surface area contributed by atoms with Gasteiger partial charge in [0.1, 0.15) is 11.9 Å². The molecular weight excluding hydrogens is 254 g/mol. The molecule has 0 bridgehead atoms. The molecule has 2 unspecified atom stereocenters. The molecule has 0 saturated carbocycles. The SMILES string of the molecule is CC(N)C(Oc1ccccc1Cl)c1ccsc1. The maximum Gasteiger partial charge on any atom is 0.139 e. The monoisotopic (exact) mass is 267 g/mol. The lowest BCUT2D eigenvalue weighted by molar-refractivity contribution is 0.181. The molecule has 2 atom stereocenters. The molecule has 1 heterocycles. The molecule has 0 spiro atoms. The zero-order valence-electron chi connectivity index (χ0n) is 9.47. The molecule has 2 N–H and O–H groups in total. The van der Waals surface area contributed by atoms with E-state index in [0.717, 1.165) is 5.56 Å². The Bertz CT molecular complexity index is 470. The van der Waals surface area contributed by atoms with Gasteiger partial charge in [-0.05, 0) is 35.9 Å². The summed E-state index contributed by atoms with van der Waals surface area (Å²) in [6.45, 7) is 1.93. The van der Waals surface area contributed by atoms with Crippen LogP contribution in [0.3, 0.4) is 0 Å². The Labute approximate surface area is 110 Å². The van der Waals surface area contributed by atoms with Crippen molar-refractivity contribution in [3.05, 3.63) is 51.7 Å². The van der Waals surface area contributed by atoms with Gasteiger partial charge < -0.3 is 10.5 Å². The first-order chi connectivity index (χ1) is 8.18. The van der Waals surface area contributed by atoms with Crippen molar-refractivity contribution in [3.8, 4) is 5.75 Å². The summed E-state index contributed by atoms with van der Waals surface area (Å²) in [6.07, 6.45) is -0.166. The lowest BCUT2D eigenvalue weighted by Crippen LogP contribution is -2.28. The van der Waals surface area contributed by atoms with Crippen molar-refractivity contribution in [2.24, 2.45) is 5.73 Å². The molecule has 0 aliphatic rings. The molecule has 4 heteroatoms. The fraction of sp³-hybridized carbons (Fsp3) is 0.231. The van der Waals surface area contributed by atoms with E-state index in [2.05, 4.69) is 0 Å². The van der Waals surface area contributed by atoms with Gasteiger partial charge in [0, 0.05) is 11.6 Å². The van der Waals surface area contributed by atoms with E-state index in [4.69, 9.17) is 22.1 Å². The summed E-state index contributed by atoms with van der Waals surface area (Å²) >= 11 is 7.70. The summed E-state index contributed by atoms with van der Waals surface area (Å²) in [5.74, 6) is 0.669. The summed E-state index contributed by atoms with van der Waals surface area (Å²) in [6, 6.07) is 9.36. The first-order valence-electron chi connectivity index (χ1n) is 5.37. The zero-order chi connectivity index (χ0) is 12.3. The average molecular weight is 268 g/mol.